The quantitative estimate of drug-likeness (QED) is 0.860. The van der Waals surface area contributed by atoms with Crippen molar-refractivity contribution < 1.29 is 4.79 Å². The van der Waals surface area contributed by atoms with Crippen molar-refractivity contribution in [1.29, 1.82) is 0 Å². The van der Waals surface area contributed by atoms with E-state index in [0.717, 1.165) is 60.8 Å². The lowest BCUT2D eigenvalue weighted by Crippen LogP contribution is -2.43. The summed E-state index contributed by atoms with van der Waals surface area (Å²) in [6.07, 6.45) is 11.1. The highest BCUT2D eigenvalue weighted by Gasteiger charge is 2.24. The lowest BCUT2D eigenvalue weighted by atomic mass is 9.89. The van der Waals surface area contributed by atoms with Crippen LogP contribution in [0.4, 0.5) is 5.69 Å². The van der Waals surface area contributed by atoms with E-state index in [4.69, 9.17) is 0 Å². The van der Waals surface area contributed by atoms with E-state index in [0.29, 0.717) is 0 Å². The normalized spacial score (nSPS) is 22.2. The molecule has 1 saturated heterocycles. The van der Waals surface area contributed by atoms with Gasteiger partial charge in [-0.25, -0.2) is 0 Å². The lowest BCUT2D eigenvalue weighted by Gasteiger charge is -2.34. The minimum atomic E-state index is 0.0186. The first kappa shape index (κ1) is 19.5. The predicted octanol–water partition coefficient (Wildman–Crippen LogP) is 3.20. The van der Waals surface area contributed by atoms with Gasteiger partial charge in [-0.15, -0.1) is 0 Å². The van der Waals surface area contributed by atoms with Gasteiger partial charge in [0, 0.05) is 63.9 Å². The molecule has 1 unspecified atom stereocenters. The molecule has 3 aliphatic heterocycles. The van der Waals surface area contributed by atoms with Crippen LogP contribution >= 0.6 is 0 Å². The van der Waals surface area contributed by atoms with E-state index in [1.165, 1.54) is 0 Å². The number of benzene rings is 1. The fourth-order valence-electron chi connectivity index (χ4n) is 4.07. The fraction of sp³-hybridized carbons (Fsp3) is 0.375. The molecule has 0 aromatic heterocycles. The van der Waals surface area contributed by atoms with Crippen LogP contribution in [0.2, 0.25) is 0 Å². The highest BCUT2D eigenvalue weighted by molar-refractivity contribution is 5.98. The van der Waals surface area contributed by atoms with Crippen LogP contribution < -0.4 is 10.2 Å². The second kappa shape index (κ2) is 8.29. The molecular weight excluding hydrogens is 360 g/mol. The van der Waals surface area contributed by atoms with Gasteiger partial charge >= 0.3 is 0 Å². The molecule has 0 aliphatic carbocycles. The van der Waals surface area contributed by atoms with Gasteiger partial charge in [-0.1, -0.05) is 25.1 Å². The number of fused-ring (bicyclic) bond motifs is 1. The second-order valence-corrected chi connectivity index (χ2v) is 8.14. The number of hydrogen-bond donors (Lipinski definition) is 1. The van der Waals surface area contributed by atoms with E-state index in [9.17, 15) is 4.79 Å². The van der Waals surface area contributed by atoms with Gasteiger partial charge in [0.15, 0.2) is 0 Å². The lowest BCUT2D eigenvalue weighted by molar-refractivity contribution is -0.122. The smallest absolute Gasteiger partial charge is 0.255 e. The van der Waals surface area contributed by atoms with Crippen molar-refractivity contribution in [3.05, 3.63) is 71.7 Å². The maximum absolute atomic E-state index is 13.3. The minimum absolute atomic E-state index is 0.0186. The number of nitrogens with zero attached hydrogens (tertiary/aromatic N) is 3. The summed E-state index contributed by atoms with van der Waals surface area (Å²) in [6, 6.07) is 8.43. The molecule has 29 heavy (non-hydrogen) atoms. The molecule has 0 bridgehead atoms. The van der Waals surface area contributed by atoms with Gasteiger partial charge in [0.2, 0.25) is 0 Å². The molecule has 1 N–H and O–H groups in total. The minimum Gasteiger partial charge on any atom is -0.378 e. The Labute approximate surface area is 173 Å². The average Bonchev–Trinajstić information content (AvgIpc) is 2.75. The second-order valence-electron chi connectivity index (χ2n) is 8.14. The Morgan fingerprint density at radius 1 is 1.10 bits per heavy atom. The van der Waals surface area contributed by atoms with Gasteiger partial charge in [-0.3, -0.25) is 9.69 Å². The summed E-state index contributed by atoms with van der Waals surface area (Å²) in [5.41, 5.74) is 5.44. The highest BCUT2D eigenvalue weighted by atomic mass is 16.2. The molecule has 0 radical (unpaired) electrons. The number of anilines is 1. The van der Waals surface area contributed by atoms with Crippen LogP contribution in [0.5, 0.6) is 0 Å². The zero-order chi connectivity index (χ0) is 20.4. The van der Waals surface area contributed by atoms with Gasteiger partial charge in [0.1, 0.15) is 0 Å². The molecule has 152 valence electrons. The standard InChI is InChI=1S/C24H30N4O/c1-18-7-8-20-9-10-22(27-13-11-25-12-14-27)17-28(20)24(29)16-23(18)19-5-4-6-21(15-19)26(2)3/h4-6,8-10,15-18,25H,7,11-14H2,1-3H3. The first-order chi connectivity index (χ1) is 14.0. The molecule has 0 saturated carbocycles. The zero-order valence-electron chi connectivity index (χ0n) is 17.6. The number of amides is 1. The van der Waals surface area contributed by atoms with E-state index in [1.807, 2.05) is 26.4 Å². The molecule has 1 aromatic carbocycles. The largest absolute Gasteiger partial charge is 0.378 e. The van der Waals surface area contributed by atoms with Crippen molar-refractivity contribution in [2.24, 2.45) is 5.92 Å². The Hall–Kier alpha value is -2.79. The molecular formula is C24H30N4O. The molecule has 1 amide bonds. The Kier molecular flexibility index (Phi) is 5.58. The monoisotopic (exact) mass is 390 g/mol. The number of allylic oxidation sites excluding steroid dienone is 4. The topological polar surface area (TPSA) is 38.8 Å². The van der Waals surface area contributed by atoms with Crippen LogP contribution in [-0.4, -0.2) is 56.0 Å². The molecule has 0 spiro atoms. The van der Waals surface area contributed by atoms with Crippen LogP contribution in [-0.2, 0) is 4.79 Å². The molecule has 5 nitrogen and oxygen atoms in total. The van der Waals surface area contributed by atoms with Crippen LogP contribution in [0.25, 0.3) is 5.57 Å². The van der Waals surface area contributed by atoms with Crippen LogP contribution in [0, 0.1) is 5.92 Å². The number of rotatable bonds is 3. The number of carbonyl (C=O) groups is 1. The van der Waals surface area contributed by atoms with Crippen molar-refractivity contribution >= 4 is 17.2 Å². The van der Waals surface area contributed by atoms with E-state index >= 15 is 0 Å². The fourth-order valence-corrected chi connectivity index (χ4v) is 4.07. The zero-order valence-corrected chi connectivity index (χ0v) is 17.6. The summed E-state index contributed by atoms with van der Waals surface area (Å²) in [4.78, 5) is 19.5. The maximum atomic E-state index is 13.3. The molecule has 4 rings (SSSR count). The van der Waals surface area contributed by atoms with Gasteiger partial charge < -0.3 is 15.1 Å². The van der Waals surface area contributed by atoms with Gasteiger partial charge in [-0.2, -0.15) is 0 Å². The number of hydrogen-bond acceptors (Lipinski definition) is 4. The van der Waals surface area contributed by atoms with E-state index in [2.05, 4.69) is 64.5 Å². The van der Waals surface area contributed by atoms with Crippen molar-refractivity contribution in [2.45, 2.75) is 13.3 Å². The van der Waals surface area contributed by atoms with Crippen molar-refractivity contribution in [3.63, 3.8) is 0 Å². The molecule has 1 atom stereocenters. The molecule has 1 fully saturated rings. The van der Waals surface area contributed by atoms with Crippen LogP contribution in [0.3, 0.4) is 0 Å². The average molecular weight is 391 g/mol. The third kappa shape index (κ3) is 4.15. The third-order valence-electron chi connectivity index (χ3n) is 5.87. The Balaban J connectivity index is 1.66. The number of piperazine rings is 1. The number of nitrogens with one attached hydrogen (secondary N) is 1. The Bertz CT molecular complexity index is 903. The highest BCUT2D eigenvalue weighted by Crippen LogP contribution is 2.32. The summed E-state index contributed by atoms with van der Waals surface area (Å²) >= 11 is 0. The summed E-state index contributed by atoms with van der Waals surface area (Å²) in [6.45, 7) is 6.08. The third-order valence-corrected chi connectivity index (χ3v) is 5.87. The summed E-state index contributed by atoms with van der Waals surface area (Å²) < 4.78 is 0. The Morgan fingerprint density at radius 2 is 1.86 bits per heavy atom. The van der Waals surface area contributed by atoms with Gasteiger partial charge in [0.05, 0.1) is 5.70 Å². The van der Waals surface area contributed by atoms with E-state index < -0.39 is 0 Å². The first-order valence-corrected chi connectivity index (χ1v) is 10.4. The predicted molar refractivity (Wildman–Crippen MR) is 119 cm³/mol. The summed E-state index contributed by atoms with van der Waals surface area (Å²) in [7, 11) is 4.08. The number of carbonyl (C=O) groups excluding carboxylic acids is 1. The molecule has 3 heterocycles. The Morgan fingerprint density at radius 3 is 2.62 bits per heavy atom. The van der Waals surface area contributed by atoms with Crippen molar-refractivity contribution in [1.82, 2.24) is 15.1 Å². The van der Waals surface area contributed by atoms with Crippen molar-refractivity contribution in [2.75, 3.05) is 45.2 Å². The van der Waals surface area contributed by atoms with Crippen molar-refractivity contribution in [3.8, 4) is 0 Å². The SMILES string of the molecule is CC1CC=C2C=CC(N3CCNCC3)=CN2C(=O)C=C1c1cccc(N(C)C)c1. The van der Waals surface area contributed by atoms with E-state index in [1.54, 1.807) is 4.90 Å². The van der Waals surface area contributed by atoms with Gasteiger partial charge in [0.25, 0.3) is 5.91 Å². The molecule has 5 heteroatoms. The van der Waals surface area contributed by atoms with Crippen LogP contribution in [0.15, 0.2) is 66.2 Å². The summed E-state index contributed by atoms with van der Waals surface area (Å²) in [5.74, 6) is 0.294. The maximum Gasteiger partial charge on any atom is 0.255 e. The first-order valence-electron chi connectivity index (χ1n) is 10.4. The molecule has 1 aromatic rings. The molecule has 3 aliphatic rings. The van der Waals surface area contributed by atoms with E-state index in [-0.39, 0.29) is 11.8 Å². The summed E-state index contributed by atoms with van der Waals surface area (Å²) in [5, 5.41) is 3.38. The van der Waals surface area contributed by atoms with Gasteiger partial charge in [-0.05, 0) is 47.8 Å². The van der Waals surface area contributed by atoms with Crippen LogP contribution in [0.1, 0.15) is 18.9 Å².